The first-order valence-electron chi connectivity index (χ1n) is 6.20. The van der Waals surface area contributed by atoms with E-state index in [9.17, 15) is 17.6 Å². The van der Waals surface area contributed by atoms with Crippen LogP contribution in [-0.4, -0.2) is 35.3 Å². The molecular weight excluding hydrogens is 294 g/mol. The van der Waals surface area contributed by atoms with Crippen LogP contribution in [0.15, 0.2) is 35.2 Å². The molecule has 0 amide bonds. The lowest BCUT2D eigenvalue weighted by Crippen LogP contribution is -2.25. The van der Waals surface area contributed by atoms with Crippen molar-refractivity contribution in [3.8, 4) is 0 Å². The van der Waals surface area contributed by atoms with Crippen molar-refractivity contribution >= 4 is 32.8 Å². The van der Waals surface area contributed by atoms with Crippen LogP contribution < -0.4 is 9.62 Å². The topological polar surface area (TPSA) is 66.5 Å². The standard InChI is InChI=1S/C14H15FN2O3S/c1-17(2)14-11-4-3-5-13(10(11)6-7-12(14)15)21(19,20)16-8-9-18/h3-7,9,16H,8H2,1-2H3/i15-1. The van der Waals surface area contributed by atoms with Crippen molar-refractivity contribution in [3.05, 3.63) is 36.1 Å². The Morgan fingerprint density at radius 3 is 2.52 bits per heavy atom. The van der Waals surface area contributed by atoms with Crippen molar-refractivity contribution in [2.24, 2.45) is 0 Å². The molecule has 0 aliphatic heterocycles. The summed E-state index contributed by atoms with van der Waals surface area (Å²) in [5, 5.41) is 0.898. The minimum atomic E-state index is -3.83. The van der Waals surface area contributed by atoms with Gasteiger partial charge in [0.1, 0.15) is 12.1 Å². The Labute approximate surface area is 122 Å². The molecule has 0 aromatic heterocycles. The van der Waals surface area contributed by atoms with Gasteiger partial charge in [0.05, 0.1) is 17.1 Å². The molecule has 0 spiro atoms. The molecule has 7 heteroatoms. The molecule has 2 aromatic carbocycles. The van der Waals surface area contributed by atoms with Gasteiger partial charge in [-0.1, -0.05) is 12.1 Å². The first-order valence-corrected chi connectivity index (χ1v) is 7.68. The van der Waals surface area contributed by atoms with Gasteiger partial charge in [-0.3, -0.25) is 0 Å². The predicted molar refractivity (Wildman–Crippen MR) is 79.5 cm³/mol. The summed E-state index contributed by atoms with van der Waals surface area (Å²) >= 11 is 0. The van der Waals surface area contributed by atoms with Crippen molar-refractivity contribution in [3.63, 3.8) is 0 Å². The summed E-state index contributed by atoms with van der Waals surface area (Å²) in [5.41, 5.74) is 0.319. The van der Waals surface area contributed by atoms with E-state index in [1.54, 1.807) is 31.1 Å². The van der Waals surface area contributed by atoms with E-state index in [4.69, 9.17) is 0 Å². The molecule has 0 fully saturated rings. The molecule has 0 bridgehead atoms. The fraction of sp³-hybridized carbons (Fsp3) is 0.214. The second kappa shape index (κ2) is 5.79. The predicted octanol–water partition coefficient (Wildman–Crippen LogP) is 1.52. The van der Waals surface area contributed by atoms with E-state index in [-0.39, 0.29) is 11.4 Å². The van der Waals surface area contributed by atoms with E-state index >= 15 is 0 Å². The first kappa shape index (κ1) is 15.4. The number of benzene rings is 2. The Balaban J connectivity index is 2.74. The third-order valence-electron chi connectivity index (χ3n) is 3.04. The number of carbonyl (C=O) groups is 1. The van der Waals surface area contributed by atoms with Gasteiger partial charge in [-0.25, -0.2) is 17.5 Å². The number of nitrogens with zero attached hydrogens (tertiary/aromatic N) is 1. The number of aldehydes is 1. The SMILES string of the molecule is CN(C)c1c([18F])ccc2c(S(=O)(=O)NCC=O)cccc12. The van der Waals surface area contributed by atoms with Gasteiger partial charge < -0.3 is 9.69 Å². The lowest BCUT2D eigenvalue weighted by molar-refractivity contribution is -0.106. The van der Waals surface area contributed by atoms with Crippen LogP contribution in [0, 0.1) is 5.82 Å². The molecule has 5 nitrogen and oxygen atoms in total. The molecule has 1 N–H and O–H groups in total. The van der Waals surface area contributed by atoms with E-state index in [2.05, 4.69) is 4.72 Å². The molecule has 2 rings (SSSR count). The number of rotatable bonds is 5. The van der Waals surface area contributed by atoms with E-state index in [0.717, 1.165) is 0 Å². The number of hydrogen-bond donors (Lipinski definition) is 1. The zero-order valence-electron chi connectivity index (χ0n) is 11.6. The van der Waals surface area contributed by atoms with E-state index in [0.29, 0.717) is 22.7 Å². The Morgan fingerprint density at radius 2 is 1.90 bits per heavy atom. The van der Waals surface area contributed by atoms with Gasteiger partial charge in [0, 0.05) is 24.9 Å². The van der Waals surface area contributed by atoms with Crippen LogP contribution in [0.4, 0.5) is 10.1 Å². The first-order chi connectivity index (χ1) is 9.88. The highest BCUT2D eigenvalue weighted by Crippen LogP contribution is 2.32. The summed E-state index contributed by atoms with van der Waals surface area (Å²) in [6.07, 6.45) is 0.466. The molecule has 21 heavy (non-hydrogen) atoms. The zero-order chi connectivity index (χ0) is 15.6. The quantitative estimate of drug-likeness (QED) is 0.851. The molecule has 2 aromatic rings. The average molecular weight is 309 g/mol. The summed E-state index contributed by atoms with van der Waals surface area (Å²) in [4.78, 5) is 12.0. The number of sulfonamides is 1. The van der Waals surface area contributed by atoms with Gasteiger partial charge in [-0.05, 0) is 18.2 Å². The van der Waals surface area contributed by atoms with Crippen molar-refractivity contribution in [2.75, 3.05) is 25.5 Å². The average Bonchev–Trinajstić information content (AvgIpc) is 2.43. The monoisotopic (exact) mass is 309 g/mol. The maximum absolute atomic E-state index is 13.9. The normalized spacial score (nSPS) is 11.6. The second-order valence-corrected chi connectivity index (χ2v) is 6.40. The number of anilines is 1. The zero-order valence-corrected chi connectivity index (χ0v) is 12.4. The second-order valence-electron chi connectivity index (χ2n) is 4.66. The molecule has 0 unspecified atom stereocenters. The fourth-order valence-electron chi connectivity index (χ4n) is 2.20. The number of hydrogen-bond acceptors (Lipinski definition) is 4. The Hall–Kier alpha value is -1.99. The minimum Gasteiger partial charge on any atom is -0.375 e. The molecule has 0 aliphatic carbocycles. The fourth-order valence-corrected chi connectivity index (χ4v) is 3.37. The minimum absolute atomic E-state index is 0.0185. The van der Waals surface area contributed by atoms with Gasteiger partial charge in [0.15, 0.2) is 0 Å². The smallest absolute Gasteiger partial charge is 0.241 e. The Bertz CT molecular complexity index is 788. The summed E-state index contributed by atoms with van der Waals surface area (Å²) in [7, 11) is -0.458. The van der Waals surface area contributed by atoms with Crippen LogP contribution in [0.2, 0.25) is 0 Å². The lowest BCUT2D eigenvalue weighted by atomic mass is 10.1. The van der Waals surface area contributed by atoms with Crippen molar-refractivity contribution in [1.29, 1.82) is 0 Å². The van der Waals surface area contributed by atoms with Crippen molar-refractivity contribution < 1.29 is 17.6 Å². The van der Waals surface area contributed by atoms with Gasteiger partial charge in [-0.2, -0.15) is 0 Å². The van der Waals surface area contributed by atoms with Crippen molar-refractivity contribution in [1.82, 2.24) is 4.72 Å². The number of nitrogens with one attached hydrogen (secondary N) is 1. The molecule has 0 radical (unpaired) electrons. The third kappa shape index (κ3) is 2.88. The van der Waals surface area contributed by atoms with Gasteiger partial charge in [0.2, 0.25) is 10.0 Å². The largest absolute Gasteiger partial charge is 0.375 e. The van der Waals surface area contributed by atoms with Crippen LogP contribution in [0.5, 0.6) is 0 Å². The molecule has 0 aliphatic rings. The molecule has 0 saturated heterocycles. The van der Waals surface area contributed by atoms with E-state index in [1.165, 1.54) is 18.2 Å². The highest BCUT2D eigenvalue weighted by Gasteiger charge is 2.19. The molecule has 112 valence electrons. The van der Waals surface area contributed by atoms with Crippen LogP contribution in [-0.2, 0) is 14.8 Å². The maximum atomic E-state index is 13.9. The van der Waals surface area contributed by atoms with E-state index in [1.807, 2.05) is 0 Å². The molecule has 0 heterocycles. The summed E-state index contributed by atoms with van der Waals surface area (Å²) in [6.45, 7) is -0.305. The van der Waals surface area contributed by atoms with Gasteiger partial charge >= 0.3 is 0 Å². The third-order valence-corrected chi connectivity index (χ3v) is 4.52. The van der Waals surface area contributed by atoms with Gasteiger partial charge in [0.25, 0.3) is 0 Å². The lowest BCUT2D eigenvalue weighted by Gasteiger charge is -2.17. The van der Waals surface area contributed by atoms with Crippen molar-refractivity contribution in [2.45, 2.75) is 4.90 Å². The van der Waals surface area contributed by atoms with E-state index < -0.39 is 15.8 Å². The Kier molecular flexibility index (Phi) is 4.24. The van der Waals surface area contributed by atoms with Crippen LogP contribution in [0.1, 0.15) is 0 Å². The van der Waals surface area contributed by atoms with Crippen LogP contribution in [0.3, 0.4) is 0 Å². The number of halogens is 1. The highest BCUT2D eigenvalue weighted by molar-refractivity contribution is 7.89. The summed E-state index contributed by atoms with van der Waals surface area (Å²) in [5.74, 6) is -0.428. The number of fused-ring (bicyclic) bond motifs is 1. The Morgan fingerprint density at radius 1 is 1.19 bits per heavy atom. The molecular formula is C14H15FN2O3S. The van der Waals surface area contributed by atoms with Gasteiger partial charge in [-0.15, -0.1) is 0 Å². The summed E-state index contributed by atoms with van der Waals surface area (Å²) in [6, 6.07) is 7.28. The van der Waals surface area contributed by atoms with Crippen LogP contribution >= 0.6 is 0 Å². The summed E-state index contributed by atoms with van der Waals surface area (Å²) < 4.78 is 40.5. The molecule has 0 saturated carbocycles. The highest BCUT2D eigenvalue weighted by atomic mass is 32.2. The maximum Gasteiger partial charge on any atom is 0.241 e. The number of carbonyl (C=O) groups excluding carboxylic acids is 1. The molecule has 0 atom stereocenters. The van der Waals surface area contributed by atoms with Crippen LogP contribution in [0.25, 0.3) is 10.8 Å².